The lowest BCUT2D eigenvalue weighted by atomic mass is 9.99. The summed E-state index contributed by atoms with van der Waals surface area (Å²) in [5.74, 6) is 0.829. The summed E-state index contributed by atoms with van der Waals surface area (Å²) in [5, 5.41) is 1.05. The summed E-state index contributed by atoms with van der Waals surface area (Å²) in [6.07, 6.45) is 8.95. The molecule has 2 aliphatic rings. The van der Waals surface area contributed by atoms with E-state index in [0.717, 1.165) is 36.6 Å². The smallest absolute Gasteiger partial charge is 0.228 e. The maximum atomic E-state index is 13.1. The molecule has 1 amide bonds. The second kappa shape index (κ2) is 7.48. The SMILES string of the molecule is CCn1ccnc1[C@@H]1OCC[C@H]1C(=O)N(C)Cc1nc2c(s1)CCCC2. The molecular weight excluding hydrogens is 348 g/mol. The fourth-order valence-electron chi connectivity index (χ4n) is 3.98. The molecule has 1 aliphatic carbocycles. The first kappa shape index (κ1) is 17.7. The van der Waals surface area contributed by atoms with Crippen molar-refractivity contribution in [3.63, 3.8) is 0 Å². The van der Waals surface area contributed by atoms with Gasteiger partial charge in [-0.05, 0) is 39.0 Å². The van der Waals surface area contributed by atoms with Crippen LogP contribution in [-0.4, -0.2) is 39.0 Å². The fraction of sp³-hybridized carbons (Fsp3) is 0.632. The zero-order chi connectivity index (χ0) is 18.1. The standard InChI is InChI=1S/C19H26N4O2S/c1-3-23-10-9-20-18(23)17-13(8-11-25-17)19(24)22(2)12-16-21-14-6-4-5-7-15(14)26-16/h9-10,13,17H,3-8,11-12H2,1-2H3/t13-,17-/m1/s1. The van der Waals surface area contributed by atoms with Crippen molar-refractivity contribution in [3.05, 3.63) is 33.8 Å². The average Bonchev–Trinajstić information content (AvgIpc) is 3.37. The molecular formula is C19H26N4O2S. The number of aryl methyl sites for hydroxylation is 3. The monoisotopic (exact) mass is 374 g/mol. The topological polar surface area (TPSA) is 60.3 Å². The van der Waals surface area contributed by atoms with Crippen LogP contribution in [-0.2, 0) is 35.5 Å². The third-order valence-corrected chi connectivity index (χ3v) is 6.53. The molecule has 6 nitrogen and oxygen atoms in total. The summed E-state index contributed by atoms with van der Waals surface area (Å²) in [6, 6.07) is 0. The van der Waals surface area contributed by atoms with Crippen molar-refractivity contribution in [3.8, 4) is 0 Å². The lowest BCUT2D eigenvalue weighted by molar-refractivity contribution is -0.136. The zero-order valence-electron chi connectivity index (χ0n) is 15.5. The first-order chi connectivity index (χ1) is 12.7. The second-order valence-corrected chi connectivity index (χ2v) is 8.31. The zero-order valence-corrected chi connectivity index (χ0v) is 16.3. The third-order valence-electron chi connectivity index (χ3n) is 5.39. The van der Waals surface area contributed by atoms with Crippen LogP contribution in [0.2, 0.25) is 0 Å². The van der Waals surface area contributed by atoms with Crippen LogP contribution in [0.5, 0.6) is 0 Å². The highest BCUT2D eigenvalue weighted by atomic mass is 32.1. The molecule has 4 rings (SSSR count). The Bertz CT molecular complexity index is 761. The molecule has 0 aromatic carbocycles. The molecule has 2 atom stereocenters. The predicted octanol–water partition coefficient (Wildman–Crippen LogP) is 2.97. The van der Waals surface area contributed by atoms with Gasteiger partial charge in [0.15, 0.2) is 0 Å². The van der Waals surface area contributed by atoms with Crippen LogP contribution in [0.1, 0.15) is 53.7 Å². The van der Waals surface area contributed by atoms with Crippen LogP contribution in [0.25, 0.3) is 0 Å². The number of thiazole rings is 1. The fourth-order valence-corrected chi connectivity index (χ4v) is 5.19. The summed E-state index contributed by atoms with van der Waals surface area (Å²) >= 11 is 1.78. The summed E-state index contributed by atoms with van der Waals surface area (Å²) < 4.78 is 7.96. The van der Waals surface area contributed by atoms with E-state index in [1.165, 1.54) is 23.4 Å². The highest BCUT2D eigenvalue weighted by Crippen LogP contribution is 2.35. The van der Waals surface area contributed by atoms with Gasteiger partial charge < -0.3 is 14.2 Å². The molecule has 0 saturated carbocycles. The second-order valence-electron chi connectivity index (χ2n) is 7.14. The number of aromatic nitrogens is 3. The third kappa shape index (κ3) is 3.30. The van der Waals surface area contributed by atoms with Crippen molar-refractivity contribution in [2.75, 3.05) is 13.7 Å². The van der Waals surface area contributed by atoms with Crippen molar-refractivity contribution in [2.45, 2.75) is 58.2 Å². The quantitative estimate of drug-likeness (QED) is 0.807. The minimum absolute atomic E-state index is 0.131. The van der Waals surface area contributed by atoms with E-state index in [-0.39, 0.29) is 17.9 Å². The number of hydrogen-bond donors (Lipinski definition) is 0. The van der Waals surface area contributed by atoms with Gasteiger partial charge in [-0.25, -0.2) is 9.97 Å². The van der Waals surface area contributed by atoms with Crippen molar-refractivity contribution >= 4 is 17.2 Å². The van der Waals surface area contributed by atoms with Gasteiger partial charge in [0.1, 0.15) is 16.9 Å². The minimum Gasteiger partial charge on any atom is -0.369 e. The van der Waals surface area contributed by atoms with Gasteiger partial charge in [0.25, 0.3) is 0 Å². The summed E-state index contributed by atoms with van der Waals surface area (Å²) in [6.45, 7) is 4.10. The molecule has 140 valence electrons. The number of carbonyl (C=O) groups is 1. The van der Waals surface area contributed by atoms with Gasteiger partial charge in [0.05, 0.1) is 18.2 Å². The van der Waals surface area contributed by atoms with Crippen LogP contribution in [0.15, 0.2) is 12.4 Å². The van der Waals surface area contributed by atoms with Gasteiger partial charge >= 0.3 is 0 Å². The first-order valence-electron chi connectivity index (χ1n) is 9.52. The first-order valence-corrected chi connectivity index (χ1v) is 10.3. The van der Waals surface area contributed by atoms with Crippen molar-refractivity contribution < 1.29 is 9.53 Å². The average molecular weight is 375 g/mol. The summed E-state index contributed by atoms with van der Waals surface area (Å²) in [5.41, 5.74) is 1.25. The van der Waals surface area contributed by atoms with Gasteiger partial charge in [0, 0.05) is 37.5 Å². The van der Waals surface area contributed by atoms with E-state index in [0.29, 0.717) is 13.2 Å². The lowest BCUT2D eigenvalue weighted by Gasteiger charge is -2.23. The number of nitrogens with zero attached hydrogens (tertiary/aromatic N) is 4. The Morgan fingerprint density at radius 2 is 2.27 bits per heavy atom. The van der Waals surface area contributed by atoms with Crippen LogP contribution in [0, 0.1) is 5.92 Å². The molecule has 7 heteroatoms. The maximum absolute atomic E-state index is 13.1. The molecule has 2 aromatic heterocycles. The Balaban J connectivity index is 1.46. The van der Waals surface area contributed by atoms with E-state index in [1.54, 1.807) is 17.5 Å². The van der Waals surface area contributed by atoms with Crippen LogP contribution >= 0.6 is 11.3 Å². The molecule has 0 radical (unpaired) electrons. The van der Waals surface area contributed by atoms with Crippen molar-refractivity contribution in [1.29, 1.82) is 0 Å². The highest BCUT2D eigenvalue weighted by Gasteiger charge is 2.39. The molecule has 26 heavy (non-hydrogen) atoms. The Kier molecular flexibility index (Phi) is 5.09. The lowest BCUT2D eigenvalue weighted by Crippen LogP contribution is -2.34. The molecule has 0 spiro atoms. The normalized spacial score (nSPS) is 22.4. The van der Waals surface area contributed by atoms with E-state index in [1.807, 2.05) is 18.1 Å². The number of amides is 1. The molecule has 3 heterocycles. The van der Waals surface area contributed by atoms with E-state index in [4.69, 9.17) is 9.72 Å². The number of imidazole rings is 1. The molecule has 0 N–H and O–H groups in total. The number of ether oxygens (including phenoxy) is 1. The van der Waals surface area contributed by atoms with Crippen molar-refractivity contribution in [1.82, 2.24) is 19.4 Å². The molecule has 1 fully saturated rings. The van der Waals surface area contributed by atoms with E-state index in [2.05, 4.69) is 16.5 Å². The minimum atomic E-state index is -0.246. The van der Waals surface area contributed by atoms with Gasteiger partial charge in [0.2, 0.25) is 5.91 Å². The largest absolute Gasteiger partial charge is 0.369 e. The Hall–Kier alpha value is -1.73. The van der Waals surface area contributed by atoms with Gasteiger partial charge in [-0.15, -0.1) is 11.3 Å². The van der Waals surface area contributed by atoms with Gasteiger partial charge in [-0.2, -0.15) is 0 Å². The van der Waals surface area contributed by atoms with E-state index >= 15 is 0 Å². The van der Waals surface area contributed by atoms with Crippen LogP contribution in [0.4, 0.5) is 0 Å². The molecule has 1 aliphatic heterocycles. The van der Waals surface area contributed by atoms with E-state index < -0.39 is 0 Å². The van der Waals surface area contributed by atoms with E-state index in [9.17, 15) is 4.79 Å². The Morgan fingerprint density at radius 3 is 3.08 bits per heavy atom. The number of rotatable bonds is 5. The Morgan fingerprint density at radius 1 is 1.42 bits per heavy atom. The number of carbonyl (C=O) groups excluding carboxylic acids is 1. The predicted molar refractivity (Wildman–Crippen MR) is 99.9 cm³/mol. The number of fused-ring (bicyclic) bond motifs is 1. The van der Waals surface area contributed by atoms with Crippen LogP contribution < -0.4 is 0 Å². The summed E-state index contributed by atoms with van der Waals surface area (Å²) in [4.78, 5) is 25.5. The number of hydrogen-bond acceptors (Lipinski definition) is 5. The summed E-state index contributed by atoms with van der Waals surface area (Å²) in [7, 11) is 1.88. The van der Waals surface area contributed by atoms with Gasteiger partial charge in [-0.3, -0.25) is 4.79 Å². The van der Waals surface area contributed by atoms with Crippen molar-refractivity contribution in [2.24, 2.45) is 5.92 Å². The molecule has 0 bridgehead atoms. The van der Waals surface area contributed by atoms with Crippen LogP contribution in [0.3, 0.4) is 0 Å². The Labute approximate surface area is 158 Å². The molecule has 2 aromatic rings. The maximum Gasteiger partial charge on any atom is 0.228 e. The highest BCUT2D eigenvalue weighted by molar-refractivity contribution is 7.11. The molecule has 1 saturated heterocycles. The molecule has 0 unspecified atom stereocenters. The van der Waals surface area contributed by atoms with Gasteiger partial charge in [-0.1, -0.05) is 0 Å².